The van der Waals surface area contributed by atoms with Gasteiger partial charge in [0.2, 0.25) is 5.88 Å². The van der Waals surface area contributed by atoms with Gasteiger partial charge < -0.3 is 14.4 Å². The number of hydrogen-bond donors (Lipinski definition) is 0. The summed E-state index contributed by atoms with van der Waals surface area (Å²) in [6.45, 7) is 3.69. The highest BCUT2D eigenvalue weighted by Gasteiger charge is 2.46. The molecule has 1 saturated carbocycles. The second kappa shape index (κ2) is 6.96. The van der Waals surface area contributed by atoms with Gasteiger partial charge in [-0.1, -0.05) is 6.42 Å². The Hall–Kier alpha value is -1.20. The Labute approximate surface area is 143 Å². The molecule has 1 aromatic heterocycles. The average molecular weight is 334 g/mol. The first kappa shape index (κ1) is 16.3. The van der Waals surface area contributed by atoms with Gasteiger partial charge in [-0.3, -0.25) is 0 Å². The maximum absolute atomic E-state index is 13.6. The van der Waals surface area contributed by atoms with Crippen molar-refractivity contribution in [2.45, 2.75) is 56.6 Å². The number of aromatic nitrogens is 1. The van der Waals surface area contributed by atoms with E-state index < -0.39 is 0 Å². The molecule has 0 amide bonds. The lowest BCUT2D eigenvalue weighted by molar-refractivity contribution is -0.0808. The summed E-state index contributed by atoms with van der Waals surface area (Å²) in [5, 5.41) is 0. The van der Waals surface area contributed by atoms with E-state index in [1.165, 1.54) is 25.3 Å². The van der Waals surface area contributed by atoms with Crippen molar-refractivity contribution in [2.24, 2.45) is 5.92 Å². The molecule has 3 heterocycles. The van der Waals surface area contributed by atoms with Crippen molar-refractivity contribution in [3.05, 3.63) is 24.1 Å². The van der Waals surface area contributed by atoms with E-state index in [9.17, 15) is 4.39 Å². The van der Waals surface area contributed by atoms with E-state index in [0.29, 0.717) is 12.5 Å². The van der Waals surface area contributed by atoms with Crippen LogP contribution in [0.15, 0.2) is 18.3 Å². The van der Waals surface area contributed by atoms with Crippen LogP contribution in [0.25, 0.3) is 0 Å². The molecule has 3 aliphatic rings. The van der Waals surface area contributed by atoms with Crippen LogP contribution in [0, 0.1) is 11.7 Å². The van der Waals surface area contributed by atoms with Crippen LogP contribution in [0.2, 0.25) is 0 Å². The number of halogens is 1. The van der Waals surface area contributed by atoms with Gasteiger partial charge >= 0.3 is 0 Å². The Morgan fingerprint density at radius 2 is 2.12 bits per heavy atom. The maximum atomic E-state index is 13.6. The highest BCUT2D eigenvalue weighted by molar-refractivity contribution is 5.12. The number of likely N-dealkylation sites (tertiary alicyclic amines) is 1. The zero-order valence-corrected chi connectivity index (χ0v) is 14.3. The summed E-state index contributed by atoms with van der Waals surface area (Å²) in [4.78, 5) is 6.62. The quantitative estimate of drug-likeness (QED) is 0.826. The van der Waals surface area contributed by atoms with E-state index in [4.69, 9.17) is 9.47 Å². The Bertz CT molecular complexity index is 556. The van der Waals surface area contributed by atoms with Crippen LogP contribution in [0.5, 0.6) is 5.88 Å². The van der Waals surface area contributed by atoms with Crippen LogP contribution in [0.1, 0.15) is 44.9 Å². The molecular weight excluding hydrogens is 307 g/mol. The molecule has 24 heavy (non-hydrogen) atoms. The topological polar surface area (TPSA) is 34.6 Å². The molecule has 0 N–H and O–H groups in total. The van der Waals surface area contributed by atoms with E-state index in [2.05, 4.69) is 9.88 Å². The first-order valence-electron chi connectivity index (χ1n) is 9.38. The minimum absolute atomic E-state index is 0.0340. The molecule has 4 nitrogen and oxygen atoms in total. The molecule has 3 fully saturated rings. The fraction of sp³-hybridized carbons (Fsp3) is 0.737. The molecule has 0 radical (unpaired) electrons. The predicted octanol–water partition coefficient (Wildman–Crippen LogP) is 3.41. The molecule has 1 atom stereocenters. The van der Waals surface area contributed by atoms with E-state index in [0.717, 1.165) is 51.4 Å². The summed E-state index contributed by atoms with van der Waals surface area (Å²) in [6, 6.07) is 3.80. The molecule has 1 aromatic rings. The molecule has 132 valence electrons. The number of piperidine rings is 1. The fourth-order valence-electron chi connectivity index (χ4n) is 4.54. The Morgan fingerprint density at radius 1 is 1.29 bits per heavy atom. The average Bonchev–Trinajstić information content (AvgIpc) is 2.92. The lowest BCUT2D eigenvalue weighted by Gasteiger charge is -2.47. The monoisotopic (exact) mass is 334 g/mol. The Morgan fingerprint density at radius 3 is 2.83 bits per heavy atom. The molecule has 1 unspecified atom stereocenters. The third kappa shape index (κ3) is 3.16. The van der Waals surface area contributed by atoms with Crippen LogP contribution in [-0.4, -0.2) is 47.8 Å². The maximum Gasteiger partial charge on any atom is 0.250 e. The van der Waals surface area contributed by atoms with Gasteiger partial charge in [0.05, 0.1) is 12.2 Å². The van der Waals surface area contributed by atoms with E-state index in [-0.39, 0.29) is 17.3 Å². The molecule has 0 bridgehead atoms. The number of hydrogen-bond acceptors (Lipinski definition) is 4. The third-order valence-electron chi connectivity index (χ3n) is 6.27. The van der Waals surface area contributed by atoms with Gasteiger partial charge in [0, 0.05) is 31.9 Å². The summed E-state index contributed by atoms with van der Waals surface area (Å²) in [5.74, 6) is 0.252. The van der Waals surface area contributed by atoms with E-state index in [1.54, 1.807) is 12.3 Å². The predicted molar refractivity (Wildman–Crippen MR) is 89.5 cm³/mol. The highest BCUT2D eigenvalue weighted by Crippen LogP contribution is 2.43. The van der Waals surface area contributed by atoms with Crippen molar-refractivity contribution in [1.29, 1.82) is 0 Å². The van der Waals surface area contributed by atoms with Gasteiger partial charge in [-0.25, -0.2) is 9.37 Å². The molecule has 1 spiro atoms. The zero-order valence-electron chi connectivity index (χ0n) is 14.3. The summed E-state index contributed by atoms with van der Waals surface area (Å²) in [5.41, 5.74) is 0.0340. The number of rotatable bonds is 5. The molecule has 4 rings (SSSR count). The van der Waals surface area contributed by atoms with Crippen molar-refractivity contribution >= 4 is 0 Å². The van der Waals surface area contributed by atoms with Gasteiger partial charge in [-0.05, 0) is 56.6 Å². The van der Waals surface area contributed by atoms with Gasteiger partial charge in [-0.15, -0.1) is 0 Å². The normalized spacial score (nSPS) is 27.3. The first-order chi connectivity index (χ1) is 11.8. The second-order valence-electron chi connectivity index (χ2n) is 7.45. The van der Waals surface area contributed by atoms with E-state index >= 15 is 0 Å². The first-order valence-corrected chi connectivity index (χ1v) is 9.38. The van der Waals surface area contributed by atoms with E-state index in [1.807, 2.05) is 0 Å². The van der Waals surface area contributed by atoms with Gasteiger partial charge in [-0.2, -0.15) is 0 Å². The molecule has 1 aliphatic carbocycles. The minimum Gasteiger partial charge on any atom is -0.476 e. The lowest BCUT2D eigenvalue weighted by Crippen LogP contribution is -2.52. The standard InChI is InChI=1S/C19H27FN2O2/c20-17-5-2-10-21-18(17)23-13-6-15-7-14-24-19(15)8-11-22(12-9-19)16-3-1-4-16/h2,5,10,15-16H,1,3-4,6-9,11-14H2. The van der Waals surface area contributed by atoms with Crippen molar-refractivity contribution in [3.63, 3.8) is 0 Å². The highest BCUT2D eigenvalue weighted by atomic mass is 19.1. The molecule has 2 saturated heterocycles. The molecular formula is C19H27FN2O2. The third-order valence-corrected chi connectivity index (χ3v) is 6.27. The number of ether oxygens (including phenoxy) is 2. The van der Waals surface area contributed by atoms with Crippen LogP contribution >= 0.6 is 0 Å². The number of pyridine rings is 1. The molecule has 5 heteroatoms. The van der Waals surface area contributed by atoms with Crippen molar-refractivity contribution in [2.75, 3.05) is 26.3 Å². The lowest BCUT2D eigenvalue weighted by atomic mass is 9.77. The van der Waals surface area contributed by atoms with Crippen LogP contribution < -0.4 is 4.74 Å². The SMILES string of the molecule is Fc1cccnc1OCCC1CCOC12CCN(C1CCC1)CC2. The minimum atomic E-state index is -0.385. The molecule has 2 aliphatic heterocycles. The van der Waals surface area contributed by atoms with Crippen LogP contribution in [0.3, 0.4) is 0 Å². The summed E-state index contributed by atoms with van der Waals surface area (Å²) < 4.78 is 25.4. The van der Waals surface area contributed by atoms with Gasteiger partial charge in [0.1, 0.15) is 0 Å². The smallest absolute Gasteiger partial charge is 0.250 e. The summed E-state index contributed by atoms with van der Waals surface area (Å²) in [7, 11) is 0. The summed E-state index contributed by atoms with van der Waals surface area (Å²) in [6.07, 6.45) is 9.98. The van der Waals surface area contributed by atoms with Crippen molar-refractivity contribution < 1.29 is 13.9 Å². The van der Waals surface area contributed by atoms with Gasteiger partial charge in [0.25, 0.3) is 0 Å². The fourth-order valence-corrected chi connectivity index (χ4v) is 4.54. The number of nitrogens with zero attached hydrogens (tertiary/aromatic N) is 2. The second-order valence-corrected chi connectivity index (χ2v) is 7.45. The van der Waals surface area contributed by atoms with Gasteiger partial charge in [0.15, 0.2) is 5.82 Å². The van der Waals surface area contributed by atoms with Crippen molar-refractivity contribution in [1.82, 2.24) is 9.88 Å². The summed E-state index contributed by atoms with van der Waals surface area (Å²) >= 11 is 0. The van der Waals surface area contributed by atoms with Crippen LogP contribution in [0.4, 0.5) is 4.39 Å². The Kier molecular flexibility index (Phi) is 4.72. The van der Waals surface area contributed by atoms with Crippen molar-refractivity contribution in [3.8, 4) is 5.88 Å². The Balaban J connectivity index is 1.29. The molecule has 0 aromatic carbocycles. The van der Waals surface area contributed by atoms with Crippen LogP contribution in [-0.2, 0) is 4.74 Å². The zero-order chi connectivity index (χ0) is 16.4. The largest absolute Gasteiger partial charge is 0.476 e.